The second kappa shape index (κ2) is 5.97. The van der Waals surface area contributed by atoms with Gasteiger partial charge in [-0.2, -0.15) is 0 Å². The van der Waals surface area contributed by atoms with Gasteiger partial charge in [0, 0.05) is 21.8 Å². The SMILES string of the molecule is CC(=O)c1ccc(SCc2cccc(F)c2F)cc1. The summed E-state index contributed by atoms with van der Waals surface area (Å²) in [5, 5.41) is 0. The molecular formula is C15H12F2OS. The molecule has 0 fully saturated rings. The first-order chi connectivity index (χ1) is 9.08. The molecule has 0 heterocycles. The Bertz CT molecular complexity index is 594. The van der Waals surface area contributed by atoms with Crippen molar-refractivity contribution < 1.29 is 13.6 Å². The monoisotopic (exact) mass is 278 g/mol. The van der Waals surface area contributed by atoms with Crippen LogP contribution < -0.4 is 0 Å². The molecule has 0 spiro atoms. The zero-order chi connectivity index (χ0) is 13.8. The Morgan fingerprint density at radius 2 is 1.79 bits per heavy atom. The first-order valence-corrected chi connectivity index (χ1v) is 6.73. The Morgan fingerprint density at radius 3 is 2.42 bits per heavy atom. The van der Waals surface area contributed by atoms with Crippen molar-refractivity contribution in [3.8, 4) is 0 Å². The largest absolute Gasteiger partial charge is 0.295 e. The van der Waals surface area contributed by atoms with Gasteiger partial charge in [0.15, 0.2) is 17.4 Å². The lowest BCUT2D eigenvalue weighted by Gasteiger charge is -2.04. The summed E-state index contributed by atoms with van der Waals surface area (Å²) in [6.45, 7) is 1.50. The zero-order valence-electron chi connectivity index (χ0n) is 10.3. The third-order valence-corrected chi connectivity index (χ3v) is 3.75. The first kappa shape index (κ1) is 13.7. The summed E-state index contributed by atoms with van der Waals surface area (Å²) in [5.74, 6) is -1.27. The average molecular weight is 278 g/mol. The summed E-state index contributed by atoms with van der Waals surface area (Å²) < 4.78 is 26.5. The molecule has 0 saturated carbocycles. The van der Waals surface area contributed by atoms with Crippen LogP contribution in [0.25, 0.3) is 0 Å². The van der Waals surface area contributed by atoms with Gasteiger partial charge in [0.05, 0.1) is 0 Å². The van der Waals surface area contributed by atoms with Crippen LogP contribution in [-0.4, -0.2) is 5.78 Å². The number of halogens is 2. The quantitative estimate of drug-likeness (QED) is 0.606. The third-order valence-electron chi connectivity index (χ3n) is 2.69. The van der Waals surface area contributed by atoms with Gasteiger partial charge in [-0.25, -0.2) is 8.78 Å². The molecule has 2 rings (SSSR count). The van der Waals surface area contributed by atoms with E-state index in [1.54, 1.807) is 30.3 Å². The molecule has 4 heteroatoms. The van der Waals surface area contributed by atoms with E-state index in [1.807, 2.05) is 0 Å². The van der Waals surface area contributed by atoms with Crippen molar-refractivity contribution in [2.75, 3.05) is 0 Å². The minimum atomic E-state index is -0.829. The van der Waals surface area contributed by atoms with Gasteiger partial charge in [0.2, 0.25) is 0 Å². The number of carbonyl (C=O) groups is 1. The summed E-state index contributed by atoms with van der Waals surface area (Å²) in [4.78, 5) is 12.0. The van der Waals surface area contributed by atoms with Crippen molar-refractivity contribution in [1.82, 2.24) is 0 Å². The van der Waals surface area contributed by atoms with E-state index >= 15 is 0 Å². The highest BCUT2D eigenvalue weighted by Crippen LogP contribution is 2.25. The summed E-state index contributed by atoms with van der Waals surface area (Å²) in [7, 11) is 0. The predicted molar refractivity (Wildman–Crippen MR) is 72.4 cm³/mol. The molecule has 0 unspecified atom stereocenters. The zero-order valence-corrected chi connectivity index (χ0v) is 11.1. The minimum absolute atomic E-state index is 0.00715. The van der Waals surface area contributed by atoms with Crippen molar-refractivity contribution in [2.45, 2.75) is 17.6 Å². The second-order valence-electron chi connectivity index (χ2n) is 4.08. The summed E-state index contributed by atoms with van der Waals surface area (Å²) >= 11 is 1.40. The molecule has 2 aromatic carbocycles. The topological polar surface area (TPSA) is 17.1 Å². The van der Waals surface area contributed by atoms with E-state index in [0.29, 0.717) is 16.9 Å². The fourth-order valence-corrected chi connectivity index (χ4v) is 2.48. The number of thioether (sulfide) groups is 1. The molecular weight excluding hydrogens is 266 g/mol. The van der Waals surface area contributed by atoms with Crippen LogP contribution in [0.5, 0.6) is 0 Å². The Labute approximate surface area is 114 Å². The lowest BCUT2D eigenvalue weighted by atomic mass is 10.2. The minimum Gasteiger partial charge on any atom is -0.295 e. The molecule has 0 atom stereocenters. The summed E-state index contributed by atoms with van der Waals surface area (Å²) in [6, 6.07) is 11.2. The molecule has 98 valence electrons. The molecule has 0 aliphatic carbocycles. The highest BCUT2D eigenvalue weighted by atomic mass is 32.2. The average Bonchev–Trinajstić information content (AvgIpc) is 2.41. The fraction of sp³-hybridized carbons (Fsp3) is 0.133. The van der Waals surface area contributed by atoms with Gasteiger partial charge in [-0.3, -0.25) is 4.79 Å². The van der Waals surface area contributed by atoms with E-state index in [1.165, 1.54) is 24.8 Å². The Balaban J connectivity index is 2.06. The van der Waals surface area contributed by atoms with Gasteiger partial charge in [-0.05, 0) is 25.1 Å². The van der Waals surface area contributed by atoms with Gasteiger partial charge >= 0.3 is 0 Å². The normalized spacial score (nSPS) is 10.5. The Kier molecular flexibility index (Phi) is 4.32. The van der Waals surface area contributed by atoms with Crippen molar-refractivity contribution in [3.05, 3.63) is 65.2 Å². The molecule has 0 N–H and O–H groups in total. The number of benzene rings is 2. The number of ketones is 1. The van der Waals surface area contributed by atoms with E-state index in [2.05, 4.69) is 0 Å². The van der Waals surface area contributed by atoms with Crippen molar-refractivity contribution in [1.29, 1.82) is 0 Å². The standard InChI is InChI=1S/C15H12F2OS/c1-10(18)11-5-7-13(8-6-11)19-9-12-3-2-4-14(16)15(12)17/h2-8H,9H2,1H3. The maximum Gasteiger partial charge on any atom is 0.162 e. The second-order valence-corrected chi connectivity index (χ2v) is 5.13. The summed E-state index contributed by atoms with van der Waals surface area (Å²) in [5.41, 5.74) is 0.974. The molecule has 0 radical (unpaired) electrons. The van der Waals surface area contributed by atoms with Crippen LogP contribution in [-0.2, 0) is 5.75 Å². The van der Waals surface area contributed by atoms with Gasteiger partial charge < -0.3 is 0 Å². The van der Waals surface area contributed by atoms with E-state index in [9.17, 15) is 13.6 Å². The van der Waals surface area contributed by atoms with Gasteiger partial charge in [-0.15, -0.1) is 11.8 Å². The van der Waals surface area contributed by atoms with Crippen LogP contribution in [0.4, 0.5) is 8.78 Å². The highest BCUT2D eigenvalue weighted by Gasteiger charge is 2.08. The van der Waals surface area contributed by atoms with Gasteiger partial charge in [0.1, 0.15) is 0 Å². The molecule has 2 aromatic rings. The maximum atomic E-state index is 13.4. The number of hydrogen-bond donors (Lipinski definition) is 0. The molecule has 0 bridgehead atoms. The van der Waals surface area contributed by atoms with Crippen LogP contribution in [0.3, 0.4) is 0 Å². The first-order valence-electron chi connectivity index (χ1n) is 5.74. The van der Waals surface area contributed by atoms with E-state index in [4.69, 9.17) is 0 Å². The van der Waals surface area contributed by atoms with E-state index < -0.39 is 11.6 Å². The smallest absolute Gasteiger partial charge is 0.162 e. The van der Waals surface area contributed by atoms with Crippen LogP contribution in [0.1, 0.15) is 22.8 Å². The van der Waals surface area contributed by atoms with Crippen LogP contribution in [0.2, 0.25) is 0 Å². The number of rotatable bonds is 4. The van der Waals surface area contributed by atoms with Gasteiger partial charge in [-0.1, -0.05) is 24.3 Å². The number of hydrogen-bond acceptors (Lipinski definition) is 2. The molecule has 0 aromatic heterocycles. The Hall–Kier alpha value is -1.68. The van der Waals surface area contributed by atoms with Gasteiger partial charge in [0.25, 0.3) is 0 Å². The molecule has 19 heavy (non-hydrogen) atoms. The van der Waals surface area contributed by atoms with Crippen molar-refractivity contribution in [3.63, 3.8) is 0 Å². The van der Waals surface area contributed by atoms with Crippen LogP contribution in [0.15, 0.2) is 47.4 Å². The van der Waals surface area contributed by atoms with Crippen LogP contribution >= 0.6 is 11.8 Å². The predicted octanol–water partition coefficient (Wildman–Crippen LogP) is 4.46. The van der Waals surface area contributed by atoms with Crippen molar-refractivity contribution >= 4 is 17.5 Å². The molecule has 0 amide bonds. The highest BCUT2D eigenvalue weighted by molar-refractivity contribution is 7.98. The lowest BCUT2D eigenvalue weighted by Crippen LogP contribution is -1.92. The summed E-state index contributed by atoms with van der Waals surface area (Å²) in [6.07, 6.45) is 0. The molecule has 1 nitrogen and oxygen atoms in total. The number of carbonyl (C=O) groups excluding carboxylic acids is 1. The molecule has 0 aliphatic rings. The molecule has 0 saturated heterocycles. The van der Waals surface area contributed by atoms with Crippen LogP contribution in [0, 0.1) is 11.6 Å². The van der Waals surface area contributed by atoms with E-state index in [0.717, 1.165) is 11.0 Å². The van der Waals surface area contributed by atoms with Crippen molar-refractivity contribution in [2.24, 2.45) is 0 Å². The Morgan fingerprint density at radius 1 is 1.11 bits per heavy atom. The molecule has 0 aliphatic heterocycles. The fourth-order valence-electron chi connectivity index (χ4n) is 1.61. The third kappa shape index (κ3) is 3.41. The lowest BCUT2D eigenvalue weighted by molar-refractivity contribution is 0.101. The van der Waals surface area contributed by atoms with E-state index in [-0.39, 0.29) is 5.78 Å². The number of Topliss-reactive ketones (excluding diaryl/α,β-unsaturated/α-hetero) is 1. The maximum absolute atomic E-state index is 13.4.